The number of carboxylic acids is 2. The third kappa shape index (κ3) is 27.7. The van der Waals surface area contributed by atoms with E-state index in [9.17, 15) is 19.8 Å². The Labute approximate surface area is 280 Å². The second-order valence-corrected chi connectivity index (χ2v) is 17.1. The van der Waals surface area contributed by atoms with E-state index in [0.29, 0.717) is 25.7 Å². The molecular weight excluding hydrogens is 639 g/mol. The summed E-state index contributed by atoms with van der Waals surface area (Å²) >= 11 is -0.0388. The van der Waals surface area contributed by atoms with E-state index in [1.165, 1.54) is 89.9 Å². The zero-order valence-corrected chi connectivity index (χ0v) is 32.7. The molecule has 0 bridgehead atoms. The molecule has 254 valence electrons. The number of hydrogen-bond donors (Lipinski definition) is 0. The number of rotatable bonds is 31. The van der Waals surface area contributed by atoms with Crippen LogP contribution in [0.2, 0.25) is 8.87 Å². The van der Waals surface area contributed by atoms with Crippen LogP contribution in [0.3, 0.4) is 0 Å². The zero-order valence-electron chi connectivity index (χ0n) is 29.9. The van der Waals surface area contributed by atoms with Gasteiger partial charge in [-0.1, -0.05) is 90.9 Å². The Morgan fingerprint density at radius 3 is 1.26 bits per heavy atom. The molecule has 0 amide bonds. The maximum atomic E-state index is 12.0. The van der Waals surface area contributed by atoms with Crippen LogP contribution in [-0.2, 0) is 9.59 Å². The number of carbonyl (C=O) groups excluding carboxylic acids is 2. The quantitative estimate of drug-likeness (QED) is 0.0529. The van der Waals surface area contributed by atoms with Crippen molar-refractivity contribution in [2.75, 3.05) is 0 Å². The molecule has 5 heteroatoms. The molecule has 2 unspecified atom stereocenters. The first-order valence-electron chi connectivity index (χ1n) is 18.9. The minimum atomic E-state index is -1.10. The Kier molecular flexibility index (Phi) is 34.5. The van der Waals surface area contributed by atoms with Gasteiger partial charge in [-0.15, -0.1) is 0 Å². The van der Waals surface area contributed by atoms with Crippen molar-refractivity contribution in [3.05, 3.63) is 0 Å². The predicted octanol–water partition coefficient (Wildman–Crippen LogP) is 10.1. The van der Waals surface area contributed by atoms with Gasteiger partial charge < -0.3 is 19.8 Å². The average molecular weight is 714 g/mol. The molecule has 0 saturated carbocycles. The molecule has 0 aromatic carbocycles. The van der Waals surface area contributed by atoms with Crippen LogP contribution in [0.4, 0.5) is 0 Å². The summed E-state index contributed by atoms with van der Waals surface area (Å²) in [7, 11) is 0. The molecule has 0 fully saturated rings. The van der Waals surface area contributed by atoms with Crippen molar-refractivity contribution in [3.63, 3.8) is 0 Å². The van der Waals surface area contributed by atoms with Gasteiger partial charge in [-0.2, -0.15) is 0 Å². The van der Waals surface area contributed by atoms with Gasteiger partial charge in [0, 0.05) is 17.4 Å². The normalized spacial score (nSPS) is 12.7. The summed E-state index contributed by atoms with van der Waals surface area (Å²) in [6, 6.07) is 0. The van der Waals surface area contributed by atoms with Crippen LogP contribution >= 0.6 is 0 Å². The molecule has 0 aromatic rings. The minimum absolute atomic E-state index is 0.0388. The van der Waals surface area contributed by atoms with Gasteiger partial charge in [0.25, 0.3) is 0 Å². The minimum Gasteiger partial charge on any atom is -0.550 e. The molecule has 43 heavy (non-hydrogen) atoms. The molecular formula is C38H74O4Sn. The first kappa shape index (κ1) is 44.9. The number of unbranched alkanes of at least 4 members (excludes halogenated alkanes) is 12. The van der Waals surface area contributed by atoms with Crippen molar-refractivity contribution in [2.45, 2.75) is 211 Å². The fourth-order valence-corrected chi connectivity index (χ4v) is 11.7. The summed E-state index contributed by atoms with van der Waals surface area (Å²) in [5.41, 5.74) is -0.856. The van der Waals surface area contributed by atoms with Gasteiger partial charge in [0.1, 0.15) is 0 Å². The average Bonchev–Trinajstić information content (AvgIpc) is 2.99. The van der Waals surface area contributed by atoms with E-state index >= 15 is 0 Å². The number of aliphatic carboxylic acids is 2. The van der Waals surface area contributed by atoms with Gasteiger partial charge in [0.2, 0.25) is 0 Å². The molecule has 4 nitrogen and oxygen atoms in total. The van der Waals surface area contributed by atoms with E-state index in [0.717, 1.165) is 50.4 Å². The molecule has 0 aliphatic rings. The van der Waals surface area contributed by atoms with Crippen molar-refractivity contribution in [2.24, 2.45) is 17.3 Å². The smallest absolute Gasteiger partial charge is 0.0476 e. The molecule has 0 aliphatic carbocycles. The largest absolute Gasteiger partial charge is 0.550 e. The first-order valence-corrected chi connectivity index (χ1v) is 22.9. The van der Waals surface area contributed by atoms with Crippen molar-refractivity contribution in [1.82, 2.24) is 0 Å². The fraction of sp³-hybridized carbons (Fsp3) is 0.947. The summed E-state index contributed by atoms with van der Waals surface area (Å²) in [5.74, 6) is 0.0878. The monoisotopic (exact) mass is 714 g/mol. The van der Waals surface area contributed by atoms with Crippen molar-refractivity contribution in [3.8, 4) is 0 Å². The summed E-state index contributed by atoms with van der Waals surface area (Å²) in [6.45, 7) is 13.8. The van der Waals surface area contributed by atoms with E-state index in [2.05, 4.69) is 41.5 Å². The fourth-order valence-electron chi connectivity index (χ4n) is 6.12. The summed E-state index contributed by atoms with van der Waals surface area (Å²) in [5, 5.41) is 22.7. The number of hydrogen-bond acceptors (Lipinski definition) is 4. The Morgan fingerprint density at radius 1 is 0.535 bits per heavy atom. The second kappa shape index (κ2) is 33.1. The van der Waals surface area contributed by atoms with Gasteiger partial charge in [0.05, 0.1) is 0 Å². The molecule has 2 atom stereocenters. The molecule has 0 spiro atoms. The third-order valence-electron chi connectivity index (χ3n) is 9.44. The topological polar surface area (TPSA) is 80.3 Å². The summed E-state index contributed by atoms with van der Waals surface area (Å²) in [6.07, 6.45) is 27.0. The Balaban J connectivity index is 0. The van der Waals surface area contributed by atoms with Crippen LogP contribution in [0, 0.1) is 17.3 Å². The maximum Gasteiger partial charge on any atom is 0.0476 e. The van der Waals surface area contributed by atoms with Gasteiger partial charge in [0.15, 0.2) is 0 Å². The van der Waals surface area contributed by atoms with Gasteiger partial charge >= 0.3 is 121 Å². The molecule has 0 N–H and O–H groups in total. The number of carbonyl (C=O) groups is 2. The van der Waals surface area contributed by atoms with Crippen molar-refractivity contribution >= 4 is 33.1 Å². The van der Waals surface area contributed by atoms with Crippen molar-refractivity contribution < 1.29 is 19.8 Å². The number of carboxylic acid groups (broad SMARTS) is 2. The molecule has 0 aliphatic heterocycles. The molecule has 0 radical (unpaired) electrons. The zero-order chi connectivity index (χ0) is 32.6. The molecule has 0 heterocycles. The predicted molar refractivity (Wildman–Crippen MR) is 184 cm³/mol. The van der Waals surface area contributed by atoms with Crippen LogP contribution < -0.4 is 10.2 Å². The standard InChI is InChI=1S/C22H42O4.2C8H17.Sn/c1-3-5-7-9-11-13-17-22(21(25)26,19-15-16-20(23)24)18-14-12-10-8-6-4-2;2*1-4-6-7-8(3)5-2;/h3-19H2,1-2H3,(H,23,24)(H,25,26);2*8H,3-7H2,1-2H3;/q;;;+2/p-2. The van der Waals surface area contributed by atoms with Gasteiger partial charge in [-0.3, -0.25) is 0 Å². The van der Waals surface area contributed by atoms with Crippen LogP contribution in [0.1, 0.15) is 202 Å². The van der Waals surface area contributed by atoms with Gasteiger partial charge in [-0.05, 0) is 32.1 Å². The first-order chi connectivity index (χ1) is 20.8. The van der Waals surface area contributed by atoms with Crippen LogP contribution in [0.5, 0.6) is 0 Å². The van der Waals surface area contributed by atoms with E-state index in [-0.39, 0.29) is 27.6 Å². The van der Waals surface area contributed by atoms with Crippen molar-refractivity contribution in [1.29, 1.82) is 0 Å². The Bertz CT molecular complexity index is 577. The molecule has 0 aromatic heterocycles. The van der Waals surface area contributed by atoms with Crippen LogP contribution in [0.25, 0.3) is 0 Å². The second-order valence-electron chi connectivity index (χ2n) is 13.3. The summed E-state index contributed by atoms with van der Waals surface area (Å²) < 4.78 is 3.31. The van der Waals surface area contributed by atoms with E-state index < -0.39 is 17.4 Å². The van der Waals surface area contributed by atoms with Crippen LogP contribution in [-0.4, -0.2) is 33.1 Å². The SMILES string of the molecule is CCCCC(CC)[CH2][Sn+2][CH2]C(CC)CCCC.CCCCCCCCC(CCCCCCCC)(CCCC(=O)[O-])C(=O)[O-]. The van der Waals surface area contributed by atoms with Crippen LogP contribution in [0.15, 0.2) is 0 Å². The van der Waals surface area contributed by atoms with E-state index in [1.807, 2.05) is 0 Å². The van der Waals surface area contributed by atoms with E-state index in [4.69, 9.17) is 0 Å². The maximum absolute atomic E-state index is 12.0. The molecule has 0 saturated heterocycles. The Hall–Kier alpha value is -0.261. The Morgan fingerprint density at radius 2 is 0.907 bits per heavy atom. The molecule has 0 rings (SSSR count). The summed E-state index contributed by atoms with van der Waals surface area (Å²) in [4.78, 5) is 22.7. The van der Waals surface area contributed by atoms with E-state index in [1.54, 1.807) is 8.87 Å². The van der Waals surface area contributed by atoms with Gasteiger partial charge in [-0.25, -0.2) is 0 Å². The third-order valence-corrected chi connectivity index (χ3v) is 14.4.